The molecule has 1 saturated heterocycles. The molecule has 2 heterocycles. The first-order valence-electron chi connectivity index (χ1n) is 9.69. The predicted octanol–water partition coefficient (Wildman–Crippen LogP) is 4.11. The summed E-state index contributed by atoms with van der Waals surface area (Å²) >= 11 is 0. The molecular weight excluding hydrogens is 354 g/mol. The molecule has 28 heavy (non-hydrogen) atoms. The Balaban J connectivity index is 1.60. The second-order valence-electron chi connectivity index (χ2n) is 8.10. The summed E-state index contributed by atoms with van der Waals surface area (Å²) in [6.45, 7) is 10.3. The molecule has 6 heteroatoms. The monoisotopic (exact) mass is 383 g/mol. The standard InChI is InChI=1S/C22H29N3O3/c1-17-15-24(12-13-25(17)21(26)28-22(2,3)4)19-10-11-23-20(14-19)27-16-18-8-6-5-7-9-18/h5-11,14,17H,12-13,15-16H2,1-4H3/t17-/m1/s1. The lowest BCUT2D eigenvalue weighted by atomic mass is 10.1. The fourth-order valence-electron chi connectivity index (χ4n) is 3.19. The van der Waals surface area contributed by atoms with Gasteiger partial charge in [0.1, 0.15) is 12.2 Å². The molecule has 1 aromatic heterocycles. The van der Waals surface area contributed by atoms with E-state index in [0.717, 1.165) is 24.3 Å². The van der Waals surface area contributed by atoms with Crippen LogP contribution in [0.3, 0.4) is 0 Å². The summed E-state index contributed by atoms with van der Waals surface area (Å²) in [5, 5.41) is 0. The van der Waals surface area contributed by atoms with Crippen LogP contribution < -0.4 is 9.64 Å². The van der Waals surface area contributed by atoms with Gasteiger partial charge in [0.15, 0.2) is 0 Å². The number of carbonyl (C=O) groups is 1. The smallest absolute Gasteiger partial charge is 0.410 e. The normalized spacial score (nSPS) is 17.4. The third kappa shape index (κ3) is 5.38. The molecule has 1 aliphatic heterocycles. The topological polar surface area (TPSA) is 54.9 Å². The highest BCUT2D eigenvalue weighted by atomic mass is 16.6. The van der Waals surface area contributed by atoms with Gasteiger partial charge in [0.2, 0.25) is 5.88 Å². The molecular formula is C22H29N3O3. The van der Waals surface area contributed by atoms with Crippen LogP contribution in [0.2, 0.25) is 0 Å². The number of nitrogens with zero attached hydrogens (tertiary/aromatic N) is 3. The molecule has 0 aliphatic carbocycles. The Kier molecular flexibility index (Phi) is 6.07. The van der Waals surface area contributed by atoms with Gasteiger partial charge in [0.05, 0.1) is 0 Å². The van der Waals surface area contributed by atoms with E-state index < -0.39 is 5.60 Å². The van der Waals surface area contributed by atoms with Crippen LogP contribution in [0.25, 0.3) is 0 Å². The van der Waals surface area contributed by atoms with Crippen LogP contribution in [0, 0.1) is 0 Å². The Hall–Kier alpha value is -2.76. The van der Waals surface area contributed by atoms with Crippen LogP contribution in [0.1, 0.15) is 33.3 Å². The SMILES string of the molecule is C[C@@H]1CN(c2ccnc(OCc3ccccc3)c2)CCN1C(=O)OC(C)(C)C. The van der Waals surface area contributed by atoms with E-state index >= 15 is 0 Å². The van der Waals surface area contributed by atoms with Crippen molar-refractivity contribution in [1.82, 2.24) is 9.88 Å². The number of hydrogen-bond acceptors (Lipinski definition) is 5. The number of carbonyl (C=O) groups excluding carboxylic acids is 1. The molecule has 1 atom stereocenters. The van der Waals surface area contributed by atoms with E-state index in [1.807, 2.05) is 70.2 Å². The van der Waals surface area contributed by atoms with Crippen molar-refractivity contribution in [3.63, 3.8) is 0 Å². The molecule has 150 valence electrons. The molecule has 0 bridgehead atoms. The van der Waals surface area contributed by atoms with Gasteiger partial charge in [-0.05, 0) is 39.3 Å². The summed E-state index contributed by atoms with van der Waals surface area (Å²) in [5.74, 6) is 0.601. The number of anilines is 1. The molecule has 1 fully saturated rings. The van der Waals surface area contributed by atoms with Crippen molar-refractivity contribution in [3.05, 3.63) is 54.2 Å². The van der Waals surface area contributed by atoms with Gasteiger partial charge in [-0.1, -0.05) is 30.3 Å². The van der Waals surface area contributed by atoms with Gasteiger partial charge in [-0.15, -0.1) is 0 Å². The molecule has 0 N–H and O–H groups in total. The lowest BCUT2D eigenvalue weighted by Gasteiger charge is -2.41. The Bertz CT molecular complexity index is 789. The molecule has 0 saturated carbocycles. The summed E-state index contributed by atoms with van der Waals surface area (Å²) < 4.78 is 11.4. The van der Waals surface area contributed by atoms with Crippen LogP contribution in [-0.2, 0) is 11.3 Å². The predicted molar refractivity (Wildman–Crippen MR) is 110 cm³/mol. The van der Waals surface area contributed by atoms with Crippen molar-refractivity contribution >= 4 is 11.8 Å². The van der Waals surface area contributed by atoms with E-state index in [0.29, 0.717) is 19.0 Å². The minimum absolute atomic E-state index is 0.0606. The second-order valence-corrected chi connectivity index (χ2v) is 8.10. The molecule has 0 radical (unpaired) electrons. The molecule has 0 unspecified atom stereocenters. The Morgan fingerprint density at radius 2 is 1.93 bits per heavy atom. The quantitative estimate of drug-likeness (QED) is 0.795. The molecule has 2 aromatic rings. The molecule has 6 nitrogen and oxygen atoms in total. The summed E-state index contributed by atoms with van der Waals surface area (Å²) in [6, 6.07) is 14.0. The van der Waals surface area contributed by atoms with Crippen molar-refractivity contribution in [2.75, 3.05) is 24.5 Å². The van der Waals surface area contributed by atoms with E-state index in [9.17, 15) is 4.79 Å². The second kappa shape index (κ2) is 8.50. The molecule has 1 aliphatic rings. The van der Waals surface area contributed by atoms with Gasteiger partial charge in [-0.2, -0.15) is 0 Å². The van der Waals surface area contributed by atoms with Gasteiger partial charge < -0.3 is 19.3 Å². The summed E-state index contributed by atoms with van der Waals surface area (Å²) in [4.78, 5) is 20.8. The van der Waals surface area contributed by atoms with Gasteiger partial charge in [-0.3, -0.25) is 0 Å². The van der Waals surface area contributed by atoms with Crippen molar-refractivity contribution in [2.24, 2.45) is 0 Å². The number of hydrogen-bond donors (Lipinski definition) is 0. The molecule has 1 aromatic carbocycles. The van der Waals surface area contributed by atoms with Crippen LogP contribution in [-0.4, -0.2) is 47.3 Å². The van der Waals surface area contributed by atoms with Gasteiger partial charge in [0, 0.05) is 43.6 Å². The van der Waals surface area contributed by atoms with Crippen molar-refractivity contribution in [2.45, 2.75) is 45.9 Å². The lowest BCUT2D eigenvalue weighted by Crippen LogP contribution is -2.55. The fourth-order valence-corrected chi connectivity index (χ4v) is 3.19. The molecule has 3 rings (SSSR count). The van der Waals surface area contributed by atoms with E-state index in [-0.39, 0.29) is 12.1 Å². The first-order valence-corrected chi connectivity index (χ1v) is 9.69. The molecule has 1 amide bonds. The third-order valence-corrected chi connectivity index (χ3v) is 4.57. The Morgan fingerprint density at radius 3 is 2.61 bits per heavy atom. The number of aromatic nitrogens is 1. The minimum atomic E-state index is -0.482. The summed E-state index contributed by atoms with van der Waals surface area (Å²) in [6.07, 6.45) is 1.52. The highest BCUT2D eigenvalue weighted by Gasteiger charge is 2.31. The third-order valence-electron chi connectivity index (χ3n) is 4.57. The average molecular weight is 383 g/mol. The zero-order valence-corrected chi connectivity index (χ0v) is 17.1. The van der Waals surface area contributed by atoms with Crippen molar-refractivity contribution < 1.29 is 14.3 Å². The number of rotatable bonds is 4. The van der Waals surface area contributed by atoms with Crippen molar-refractivity contribution in [3.8, 4) is 5.88 Å². The van der Waals surface area contributed by atoms with Gasteiger partial charge in [-0.25, -0.2) is 9.78 Å². The van der Waals surface area contributed by atoms with Crippen LogP contribution in [0.15, 0.2) is 48.7 Å². The van der Waals surface area contributed by atoms with E-state index in [2.05, 4.69) is 9.88 Å². The maximum Gasteiger partial charge on any atom is 0.410 e. The number of ether oxygens (including phenoxy) is 2. The number of benzene rings is 1. The van der Waals surface area contributed by atoms with E-state index in [1.54, 1.807) is 11.1 Å². The zero-order chi connectivity index (χ0) is 20.1. The van der Waals surface area contributed by atoms with Gasteiger partial charge >= 0.3 is 6.09 Å². The highest BCUT2D eigenvalue weighted by molar-refractivity contribution is 5.69. The zero-order valence-electron chi connectivity index (χ0n) is 17.1. The first-order chi connectivity index (χ1) is 13.3. The summed E-state index contributed by atoms with van der Waals surface area (Å²) in [7, 11) is 0. The van der Waals surface area contributed by atoms with Gasteiger partial charge in [0.25, 0.3) is 0 Å². The molecule has 0 spiro atoms. The van der Waals surface area contributed by atoms with E-state index in [4.69, 9.17) is 9.47 Å². The Labute approximate surface area is 167 Å². The van der Waals surface area contributed by atoms with Crippen LogP contribution >= 0.6 is 0 Å². The van der Waals surface area contributed by atoms with Crippen molar-refractivity contribution in [1.29, 1.82) is 0 Å². The first kappa shape index (κ1) is 20.0. The number of amides is 1. The Morgan fingerprint density at radius 1 is 1.18 bits per heavy atom. The van der Waals surface area contributed by atoms with Crippen LogP contribution in [0.5, 0.6) is 5.88 Å². The highest BCUT2D eigenvalue weighted by Crippen LogP contribution is 2.23. The minimum Gasteiger partial charge on any atom is -0.473 e. The fraction of sp³-hybridized carbons (Fsp3) is 0.455. The largest absolute Gasteiger partial charge is 0.473 e. The summed E-state index contributed by atoms with van der Waals surface area (Å²) in [5.41, 5.74) is 1.67. The number of piperazine rings is 1. The number of pyridine rings is 1. The maximum atomic E-state index is 12.4. The van der Waals surface area contributed by atoms with Crippen LogP contribution in [0.4, 0.5) is 10.5 Å². The average Bonchev–Trinajstić information content (AvgIpc) is 2.66. The lowest BCUT2D eigenvalue weighted by molar-refractivity contribution is 0.0159. The maximum absolute atomic E-state index is 12.4. The van der Waals surface area contributed by atoms with E-state index in [1.165, 1.54) is 0 Å².